The monoisotopic (exact) mass is 499 g/mol. The molecule has 0 aromatic heterocycles. The number of halogens is 2. The molecule has 1 heterocycles. The molecule has 3 N–H and O–H groups in total. The average Bonchev–Trinajstić information content (AvgIpc) is 2.75. The van der Waals surface area contributed by atoms with E-state index < -0.39 is 17.7 Å². The van der Waals surface area contributed by atoms with Crippen molar-refractivity contribution < 1.29 is 14.7 Å². The van der Waals surface area contributed by atoms with E-state index in [4.69, 9.17) is 11.6 Å². The molecule has 6 nitrogen and oxygen atoms in total. The molecule has 0 radical (unpaired) electrons. The average molecular weight is 501 g/mol. The van der Waals surface area contributed by atoms with Crippen molar-refractivity contribution in [2.75, 3.05) is 10.2 Å². The topological polar surface area (TPSA) is 81.7 Å². The van der Waals surface area contributed by atoms with Gasteiger partial charge in [-0.05, 0) is 55.0 Å². The zero-order valence-corrected chi connectivity index (χ0v) is 18.9. The molecular weight excluding hydrogens is 482 g/mol. The highest BCUT2D eigenvalue weighted by Crippen LogP contribution is 2.41. The number of nitrogens with zero attached hydrogens (tertiary/aromatic N) is 1. The molecule has 0 saturated carbocycles. The van der Waals surface area contributed by atoms with Crippen LogP contribution in [0.4, 0.5) is 16.2 Å². The molecule has 0 saturated heterocycles. The zero-order chi connectivity index (χ0) is 22.2. The molecular formula is C23H19BrClN3O3. The van der Waals surface area contributed by atoms with E-state index in [2.05, 4.69) is 26.6 Å². The number of nitrogens with one attached hydrogen (secondary N) is 2. The van der Waals surface area contributed by atoms with Crippen molar-refractivity contribution in [3.63, 3.8) is 0 Å². The molecule has 0 unspecified atom stereocenters. The normalized spacial score (nSPS) is 17.7. The van der Waals surface area contributed by atoms with Crippen LogP contribution in [-0.2, 0) is 17.1 Å². The number of carbonyl (C=O) groups excluding carboxylic acids is 2. The van der Waals surface area contributed by atoms with Crippen molar-refractivity contribution in [2.24, 2.45) is 0 Å². The van der Waals surface area contributed by atoms with E-state index in [1.165, 1.54) is 0 Å². The summed E-state index contributed by atoms with van der Waals surface area (Å²) in [6, 6.07) is 18.3. The van der Waals surface area contributed by atoms with Crippen LogP contribution in [0.25, 0.3) is 0 Å². The van der Waals surface area contributed by atoms with E-state index in [-0.39, 0.29) is 12.1 Å². The highest BCUT2D eigenvalue weighted by Gasteiger charge is 2.52. The molecule has 0 fully saturated rings. The van der Waals surface area contributed by atoms with Crippen molar-refractivity contribution >= 4 is 50.8 Å². The van der Waals surface area contributed by atoms with Crippen molar-refractivity contribution in [3.05, 3.63) is 92.9 Å². The van der Waals surface area contributed by atoms with Crippen LogP contribution in [-0.4, -0.2) is 17.0 Å². The maximum atomic E-state index is 13.4. The fraction of sp³-hybridized carbons (Fsp3) is 0.130. The van der Waals surface area contributed by atoms with E-state index in [1.54, 1.807) is 42.5 Å². The van der Waals surface area contributed by atoms with Crippen molar-refractivity contribution in [1.29, 1.82) is 0 Å². The Morgan fingerprint density at radius 1 is 1.13 bits per heavy atom. The van der Waals surface area contributed by atoms with Crippen molar-refractivity contribution in [3.8, 4) is 0 Å². The number of amides is 3. The number of benzene rings is 3. The van der Waals surface area contributed by atoms with Gasteiger partial charge in [-0.15, -0.1) is 0 Å². The Kier molecular flexibility index (Phi) is 5.75. The van der Waals surface area contributed by atoms with E-state index in [9.17, 15) is 14.7 Å². The number of fused-ring (bicyclic) bond motifs is 1. The van der Waals surface area contributed by atoms with E-state index in [0.29, 0.717) is 20.9 Å². The summed E-state index contributed by atoms with van der Waals surface area (Å²) in [5, 5.41) is 17.8. The molecule has 31 heavy (non-hydrogen) atoms. The van der Waals surface area contributed by atoms with Gasteiger partial charge in [0.05, 0.1) is 5.69 Å². The zero-order valence-electron chi connectivity index (χ0n) is 16.5. The van der Waals surface area contributed by atoms with Gasteiger partial charge in [0.25, 0.3) is 11.6 Å². The summed E-state index contributed by atoms with van der Waals surface area (Å²) in [4.78, 5) is 27.4. The molecule has 1 atom stereocenters. The van der Waals surface area contributed by atoms with Gasteiger partial charge in [0, 0.05) is 27.3 Å². The fourth-order valence-corrected chi connectivity index (χ4v) is 3.97. The van der Waals surface area contributed by atoms with Gasteiger partial charge in [-0.3, -0.25) is 9.69 Å². The van der Waals surface area contributed by atoms with Gasteiger partial charge in [-0.1, -0.05) is 57.4 Å². The van der Waals surface area contributed by atoms with Crippen LogP contribution in [0.3, 0.4) is 0 Å². The number of aryl methyl sites for hydroxylation is 1. The Balaban J connectivity index is 1.77. The maximum Gasteiger partial charge on any atom is 0.329 e. The molecule has 4 rings (SSSR count). The van der Waals surface area contributed by atoms with E-state index in [1.807, 2.05) is 31.2 Å². The number of hydrogen-bond acceptors (Lipinski definition) is 3. The van der Waals surface area contributed by atoms with Gasteiger partial charge >= 0.3 is 6.03 Å². The molecule has 1 aliphatic heterocycles. The third-order valence-electron chi connectivity index (χ3n) is 5.10. The van der Waals surface area contributed by atoms with Gasteiger partial charge < -0.3 is 15.7 Å². The molecule has 3 aromatic rings. The standard InChI is InChI=1S/C23H19BrClN3O3/c1-14-2-4-15(5-3-14)13-26-21(29)23(31)19-12-16(24)6-11-20(19)27-22(30)28(23)18-9-7-17(25)8-10-18/h2-12,31H,13H2,1H3,(H,26,29)(H,27,30)/t23-/m0/s1. The van der Waals surface area contributed by atoms with E-state index in [0.717, 1.165) is 16.0 Å². The van der Waals surface area contributed by atoms with Crippen LogP contribution in [0.1, 0.15) is 16.7 Å². The van der Waals surface area contributed by atoms with E-state index >= 15 is 0 Å². The Morgan fingerprint density at radius 2 is 1.81 bits per heavy atom. The number of aliphatic hydroxyl groups is 1. The Morgan fingerprint density at radius 3 is 2.48 bits per heavy atom. The summed E-state index contributed by atoms with van der Waals surface area (Å²) in [5.74, 6) is -0.725. The number of carbonyl (C=O) groups is 2. The second-order valence-corrected chi connectivity index (χ2v) is 8.62. The molecule has 0 aliphatic carbocycles. The number of rotatable bonds is 4. The summed E-state index contributed by atoms with van der Waals surface area (Å²) in [6.07, 6.45) is 0. The molecule has 3 amide bonds. The van der Waals surface area contributed by atoms with Crippen molar-refractivity contribution in [2.45, 2.75) is 19.2 Å². The van der Waals surface area contributed by atoms with Gasteiger partial charge in [-0.25, -0.2) is 4.79 Å². The van der Waals surface area contributed by atoms with Gasteiger partial charge in [0.1, 0.15) is 0 Å². The van der Waals surface area contributed by atoms with Gasteiger partial charge in [0.2, 0.25) is 0 Å². The Hall–Kier alpha value is -2.87. The first-order valence-corrected chi connectivity index (χ1v) is 10.7. The predicted molar refractivity (Wildman–Crippen MR) is 124 cm³/mol. The number of hydrogen-bond donors (Lipinski definition) is 3. The predicted octanol–water partition coefficient (Wildman–Crippen LogP) is 4.92. The fourth-order valence-electron chi connectivity index (χ4n) is 3.48. The second kappa shape index (κ2) is 8.34. The Bertz CT molecular complexity index is 1150. The lowest BCUT2D eigenvalue weighted by Crippen LogP contribution is -2.62. The molecule has 3 aromatic carbocycles. The minimum absolute atomic E-state index is 0.195. The molecule has 0 spiro atoms. The first-order chi connectivity index (χ1) is 14.8. The van der Waals surface area contributed by atoms with Crippen LogP contribution >= 0.6 is 27.5 Å². The van der Waals surface area contributed by atoms with Gasteiger partial charge in [-0.2, -0.15) is 0 Å². The second-order valence-electron chi connectivity index (χ2n) is 7.27. The highest BCUT2D eigenvalue weighted by atomic mass is 79.9. The lowest BCUT2D eigenvalue weighted by Gasteiger charge is -2.42. The summed E-state index contributed by atoms with van der Waals surface area (Å²) in [7, 11) is 0. The smallest absolute Gasteiger partial charge is 0.329 e. The van der Waals surface area contributed by atoms with Crippen LogP contribution in [0.2, 0.25) is 5.02 Å². The maximum absolute atomic E-state index is 13.4. The SMILES string of the molecule is Cc1ccc(CNC(=O)[C@@]2(O)c3cc(Br)ccc3NC(=O)N2c2ccc(Cl)cc2)cc1. The van der Waals surface area contributed by atoms with Crippen LogP contribution in [0, 0.1) is 6.92 Å². The van der Waals surface area contributed by atoms with Gasteiger partial charge in [0.15, 0.2) is 0 Å². The molecule has 8 heteroatoms. The number of anilines is 2. The lowest BCUT2D eigenvalue weighted by molar-refractivity contribution is -0.140. The third-order valence-corrected chi connectivity index (χ3v) is 5.85. The summed E-state index contributed by atoms with van der Waals surface area (Å²) >= 11 is 9.37. The summed E-state index contributed by atoms with van der Waals surface area (Å²) in [5.41, 5.74) is 0.616. The van der Waals surface area contributed by atoms with Crippen LogP contribution in [0.15, 0.2) is 71.2 Å². The number of urea groups is 1. The summed E-state index contributed by atoms with van der Waals surface area (Å²) < 4.78 is 0.656. The molecule has 158 valence electrons. The third kappa shape index (κ3) is 4.04. The summed E-state index contributed by atoms with van der Waals surface area (Å²) in [6.45, 7) is 2.17. The minimum Gasteiger partial charge on any atom is -0.359 e. The molecule has 1 aliphatic rings. The minimum atomic E-state index is -2.28. The molecule has 0 bridgehead atoms. The van der Waals surface area contributed by atoms with Crippen LogP contribution < -0.4 is 15.5 Å². The Labute approximate surface area is 193 Å². The first-order valence-electron chi connectivity index (χ1n) is 9.52. The largest absolute Gasteiger partial charge is 0.359 e. The highest BCUT2D eigenvalue weighted by molar-refractivity contribution is 9.10. The lowest BCUT2D eigenvalue weighted by atomic mass is 9.94. The quantitative estimate of drug-likeness (QED) is 0.475. The van der Waals surface area contributed by atoms with Crippen molar-refractivity contribution in [1.82, 2.24) is 5.32 Å². The first kappa shape index (κ1) is 21.4. The van der Waals surface area contributed by atoms with Crippen LogP contribution in [0.5, 0.6) is 0 Å².